The van der Waals surface area contributed by atoms with Crippen LogP contribution in [0, 0.1) is 12.7 Å². The summed E-state index contributed by atoms with van der Waals surface area (Å²) in [4.78, 5) is 21.1. The first-order chi connectivity index (χ1) is 17.6. The van der Waals surface area contributed by atoms with Crippen LogP contribution in [-0.4, -0.2) is 25.7 Å². The fraction of sp³-hybridized carbons (Fsp3) is 0.222. The molecule has 0 aliphatic rings. The molecule has 0 saturated heterocycles. The van der Waals surface area contributed by atoms with Crippen molar-refractivity contribution in [2.45, 2.75) is 38.0 Å². The molecule has 0 aliphatic heterocycles. The lowest BCUT2D eigenvalue weighted by Crippen LogP contribution is -2.22. The second kappa shape index (κ2) is 12.5. The van der Waals surface area contributed by atoms with E-state index >= 15 is 8.78 Å². The van der Waals surface area contributed by atoms with E-state index in [2.05, 4.69) is 9.98 Å². The molecule has 1 aromatic carbocycles. The topological polar surface area (TPSA) is 64.3 Å². The highest BCUT2D eigenvalue weighted by molar-refractivity contribution is 7.84. The van der Waals surface area contributed by atoms with Crippen molar-refractivity contribution in [3.05, 3.63) is 109 Å². The van der Waals surface area contributed by atoms with Crippen molar-refractivity contribution in [2.75, 3.05) is 6.26 Å². The Morgan fingerprint density at radius 1 is 1.30 bits per heavy atom. The Morgan fingerprint density at radius 3 is 2.68 bits per heavy atom. The lowest BCUT2D eigenvalue weighted by atomic mass is 9.94. The van der Waals surface area contributed by atoms with E-state index in [4.69, 9.17) is 23.2 Å². The fourth-order valence-corrected chi connectivity index (χ4v) is 4.94. The Kier molecular flexibility index (Phi) is 9.70. The average molecular weight is 564 g/mol. The standard InChI is InChI=1S/C27H25Cl2F2N3O2S/c1-5-10-33-26(19-7-6-8-23(25(19)31)37(4)36)22(30)15-34-17(3)13-20(24(29)27(34)35)16(2)12-18-9-11-32-14-21(18)28/h5-11,13-16H,12H2,1-4H3/b10-5+,22-15-,33-26+. The predicted octanol–water partition coefficient (Wildman–Crippen LogP) is 6.87. The zero-order chi connectivity index (χ0) is 27.3. The molecule has 0 bridgehead atoms. The number of aryl methyl sites for hydroxylation is 1. The minimum atomic E-state index is -1.63. The van der Waals surface area contributed by atoms with Gasteiger partial charge in [-0.1, -0.05) is 42.3 Å². The van der Waals surface area contributed by atoms with Gasteiger partial charge in [-0.25, -0.2) is 8.78 Å². The van der Waals surface area contributed by atoms with Crippen LogP contribution in [0.25, 0.3) is 6.20 Å². The summed E-state index contributed by atoms with van der Waals surface area (Å²) >= 11 is 12.7. The van der Waals surface area contributed by atoms with Crippen LogP contribution in [0.3, 0.4) is 0 Å². The number of hydrogen-bond acceptors (Lipinski definition) is 4. The van der Waals surface area contributed by atoms with Gasteiger partial charge in [-0.2, -0.15) is 0 Å². The summed E-state index contributed by atoms with van der Waals surface area (Å²) in [5, 5.41) is 0.450. The number of allylic oxidation sites excluding steroid dienone is 2. The van der Waals surface area contributed by atoms with Crippen LogP contribution in [0.1, 0.15) is 42.1 Å². The lowest BCUT2D eigenvalue weighted by molar-refractivity contribution is 0.591. The Hall–Kier alpha value is -2.94. The molecule has 0 N–H and O–H groups in total. The largest absolute Gasteiger partial charge is 0.284 e. The fourth-order valence-electron chi connectivity index (χ4n) is 3.77. The van der Waals surface area contributed by atoms with Crippen molar-refractivity contribution >= 4 is 45.9 Å². The number of nitrogens with zero attached hydrogens (tertiary/aromatic N) is 3. The molecule has 10 heteroatoms. The van der Waals surface area contributed by atoms with Gasteiger partial charge in [-0.15, -0.1) is 0 Å². The van der Waals surface area contributed by atoms with Gasteiger partial charge in [0.15, 0.2) is 5.83 Å². The molecule has 5 nitrogen and oxygen atoms in total. The van der Waals surface area contributed by atoms with Gasteiger partial charge in [-0.05, 0) is 61.6 Å². The summed E-state index contributed by atoms with van der Waals surface area (Å²) in [7, 11) is -1.63. The van der Waals surface area contributed by atoms with Gasteiger partial charge >= 0.3 is 0 Å². The van der Waals surface area contributed by atoms with Crippen LogP contribution in [-0.2, 0) is 17.2 Å². The predicted molar refractivity (Wildman–Crippen MR) is 147 cm³/mol. The van der Waals surface area contributed by atoms with Gasteiger partial charge < -0.3 is 0 Å². The number of hydrogen-bond donors (Lipinski definition) is 0. The number of benzene rings is 1. The highest BCUT2D eigenvalue weighted by Crippen LogP contribution is 2.29. The molecule has 37 heavy (non-hydrogen) atoms. The summed E-state index contributed by atoms with van der Waals surface area (Å²) in [6.07, 6.45) is 8.80. The minimum absolute atomic E-state index is 0.0613. The zero-order valence-corrected chi connectivity index (χ0v) is 23.0. The van der Waals surface area contributed by atoms with E-state index in [1.807, 2.05) is 6.92 Å². The van der Waals surface area contributed by atoms with Gasteiger partial charge in [-0.3, -0.25) is 23.5 Å². The Bertz CT molecular complexity index is 1500. The van der Waals surface area contributed by atoms with Crippen LogP contribution in [0.5, 0.6) is 0 Å². The molecule has 0 radical (unpaired) electrons. The molecule has 0 fully saturated rings. The molecular weight excluding hydrogens is 539 g/mol. The second-order valence-electron chi connectivity index (χ2n) is 8.31. The van der Waals surface area contributed by atoms with Crippen LogP contribution in [0.2, 0.25) is 10.0 Å². The molecule has 194 valence electrons. The SMILES string of the molecule is C/C=C/N=C(/C(F)=C/n1c(C)cc(C(C)Cc2ccncc2Cl)c(Cl)c1=O)c1cccc(S(C)=O)c1F. The number of aliphatic imine (C=N–C) groups is 1. The van der Waals surface area contributed by atoms with E-state index in [1.54, 1.807) is 44.4 Å². The molecule has 2 unspecified atom stereocenters. The maximum atomic E-state index is 15.6. The number of rotatable bonds is 8. The van der Waals surface area contributed by atoms with E-state index in [1.165, 1.54) is 30.7 Å². The van der Waals surface area contributed by atoms with Crippen LogP contribution in [0.15, 0.2) is 75.5 Å². The molecule has 2 heterocycles. The van der Waals surface area contributed by atoms with E-state index in [9.17, 15) is 9.00 Å². The van der Waals surface area contributed by atoms with Crippen molar-refractivity contribution < 1.29 is 13.0 Å². The number of pyridine rings is 2. The normalized spacial score (nSPS) is 14.3. The maximum absolute atomic E-state index is 15.6. The Morgan fingerprint density at radius 2 is 2.03 bits per heavy atom. The smallest absolute Gasteiger partial charge is 0.273 e. The molecule has 0 saturated carbocycles. The van der Waals surface area contributed by atoms with Crippen molar-refractivity contribution in [3.63, 3.8) is 0 Å². The van der Waals surface area contributed by atoms with Crippen molar-refractivity contribution in [1.29, 1.82) is 0 Å². The Balaban J connectivity index is 2.07. The van der Waals surface area contributed by atoms with E-state index in [0.29, 0.717) is 22.7 Å². The first-order valence-electron chi connectivity index (χ1n) is 11.3. The van der Waals surface area contributed by atoms with E-state index in [0.717, 1.165) is 16.3 Å². The lowest BCUT2D eigenvalue weighted by Gasteiger charge is -2.17. The summed E-state index contributed by atoms with van der Waals surface area (Å²) in [5.74, 6) is -1.99. The minimum Gasteiger partial charge on any atom is -0.284 e. The number of aromatic nitrogens is 2. The molecular formula is C27H25Cl2F2N3O2S. The molecule has 3 aromatic rings. The van der Waals surface area contributed by atoms with Gasteiger partial charge in [0.25, 0.3) is 5.56 Å². The Labute approximate surface area is 226 Å². The van der Waals surface area contributed by atoms with E-state index < -0.39 is 28.0 Å². The molecule has 0 aliphatic carbocycles. The van der Waals surface area contributed by atoms with E-state index in [-0.39, 0.29) is 27.1 Å². The van der Waals surface area contributed by atoms with Gasteiger partial charge in [0, 0.05) is 36.1 Å². The van der Waals surface area contributed by atoms with Crippen LogP contribution >= 0.6 is 23.2 Å². The molecule has 2 aromatic heterocycles. The maximum Gasteiger partial charge on any atom is 0.273 e. The first-order valence-corrected chi connectivity index (χ1v) is 13.6. The van der Waals surface area contributed by atoms with Crippen molar-refractivity contribution in [1.82, 2.24) is 9.55 Å². The molecule has 0 amide bonds. The molecule has 0 spiro atoms. The molecule has 2 atom stereocenters. The first kappa shape index (κ1) is 28.6. The monoisotopic (exact) mass is 563 g/mol. The zero-order valence-electron chi connectivity index (χ0n) is 20.6. The average Bonchev–Trinajstić information content (AvgIpc) is 2.86. The summed E-state index contributed by atoms with van der Waals surface area (Å²) in [6.45, 7) is 5.22. The summed E-state index contributed by atoms with van der Waals surface area (Å²) < 4.78 is 43.6. The van der Waals surface area contributed by atoms with Gasteiger partial charge in [0.1, 0.15) is 16.6 Å². The quantitative estimate of drug-likeness (QED) is 0.281. The third kappa shape index (κ3) is 6.50. The third-order valence-corrected chi connectivity index (χ3v) is 7.32. The highest BCUT2D eigenvalue weighted by atomic mass is 35.5. The molecule has 3 rings (SSSR count). The number of halogens is 4. The summed E-state index contributed by atoms with van der Waals surface area (Å²) in [6, 6.07) is 7.66. The van der Waals surface area contributed by atoms with Crippen LogP contribution < -0.4 is 5.56 Å². The second-order valence-corrected chi connectivity index (χ2v) is 10.4. The van der Waals surface area contributed by atoms with Crippen LogP contribution in [0.4, 0.5) is 8.78 Å². The van der Waals surface area contributed by atoms with Gasteiger partial charge in [0.05, 0.1) is 26.9 Å². The summed E-state index contributed by atoms with van der Waals surface area (Å²) in [5.41, 5.74) is 0.699. The third-order valence-electron chi connectivity index (χ3n) is 5.67. The van der Waals surface area contributed by atoms with Gasteiger partial charge in [0.2, 0.25) is 0 Å². The highest BCUT2D eigenvalue weighted by Gasteiger charge is 2.21. The van der Waals surface area contributed by atoms with Crippen molar-refractivity contribution in [3.8, 4) is 0 Å². The van der Waals surface area contributed by atoms with Crippen molar-refractivity contribution in [2.24, 2.45) is 4.99 Å².